The second-order valence-corrected chi connectivity index (χ2v) is 6.96. The van der Waals surface area contributed by atoms with Gasteiger partial charge in [0.15, 0.2) is 18.1 Å². The second kappa shape index (κ2) is 10.2. The molecule has 0 saturated heterocycles. The average Bonchev–Trinajstić information content (AvgIpc) is 2.73. The highest BCUT2D eigenvalue weighted by Gasteiger charge is 2.09. The molecule has 1 heterocycles. The van der Waals surface area contributed by atoms with Crippen molar-refractivity contribution in [2.24, 2.45) is 5.10 Å². The van der Waals surface area contributed by atoms with E-state index in [-0.39, 0.29) is 12.5 Å². The van der Waals surface area contributed by atoms with E-state index in [0.29, 0.717) is 17.4 Å². The molecule has 8 heteroatoms. The number of ether oxygens (including phenoxy) is 2. The molecular formula is C23H25N5O3. The van der Waals surface area contributed by atoms with Crippen LogP contribution in [-0.4, -0.2) is 35.8 Å². The Bertz CT molecular complexity index is 1060. The van der Waals surface area contributed by atoms with Crippen LogP contribution in [0.1, 0.15) is 22.5 Å². The molecule has 0 saturated carbocycles. The van der Waals surface area contributed by atoms with Gasteiger partial charge in [0.25, 0.3) is 5.91 Å². The number of nitrogens with zero attached hydrogens (tertiary/aromatic N) is 3. The Morgan fingerprint density at radius 2 is 1.71 bits per heavy atom. The molecule has 0 radical (unpaired) electrons. The molecule has 1 aromatic heterocycles. The molecule has 0 aliphatic carbocycles. The summed E-state index contributed by atoms with van der Waals surface area (Å²) in [5, 5.41) is 6.96. The van der Waals surface area contributed by atoms with E-state index in [1.165, 1.54) is 7.11 Å². The van der Waals surface area contributed by atoms with Gasteiger partial charge in [-0.3, -0.25) is 4.79 Å². The number of carbonyl (C=O) groups excluding carboxylic acids is 1. The number of aryl methyl sites for hydroxylation is 3. The van der Waals surface area contributed by atoms with E-state index >= 15 is 0 Å². The molecule has 3 aromatic rings. The summed E-state index contributed by atoms with van der Waals surface area (Å²) in [6, 6.07) is 14.7. The lowest BCUT2D eigenvalue weighted by Crippen LogP contribution is -2.20. The number of carbonyl (C=O) groups is 1. The summed E-state index contributed by atoms with van der Waals surface area (Å²) in [6.45, 7) is 5.65. The number of hydrogen-bond donors (Lipinski definition) is 2. The molecule has 160 valence electrons. The summed E-state index contributed by atoms with van der Waals surface area (Å²) in [6.07, 6.45) is 1.62. The summed E-state index contributed by atoms with van der Waals surface area (Å²) in [4.78, 5) is 20.7. The van der Waals surface area contributed by atoms with Gasteiger partial charge in [-0.2, -0.15) is 5.10 Å². The SMILES string of the molecule is COc1cc(C=NNc2nc(C)cc(C)n2)ccc1OCC(=O)Nc1ccc(C)cc1. The predicted octanol–water partition coefficient (Wildman–Crippen LogP) is 3.87. The van der Waals surface area contributed by atoms with Crippen molar-refractivity contribution >= 4 is 23.8 Å². The lowest BCUT2D eigenvalue weighted by Gasteiger charge is -2.11. The summed E-state index contributed by atoms with van der Waals surface area (Å²) < 4.78 is 11.0. The Kier molecular flexibility index (Phi) is 7.16. The molecule has 0 bridgehead atoms. The maximum absolute atomic E-state index is 12.1. The van der Waals surface area contributed by atoms with Gasteiger partial charge in [0.2, 0.25) is 5.95 Å². The van der Waals surface area contributed by atoms with Crippen molar-refractivity contribution in [2.45, 2.75) is 20.8 Å². The Balaban J connectivity index is 1.58. The van der Waals surface area contributed by atoms with Crippen molar-refractivity contribution in [3.05, 3.63) is 71.0 Å². The fraction of sp³-hybridized carbons (Fsp3) is 0.217. The number of rotatable bonds is 8. The third-order valence-corrected chi connectivity index (χ3v) is 4.24. The quantitative estimate of drug-likeness (QED) is 0.425. The van der Waals surface area contributed by atoms with Crippen LogP contribution in [0, 0.1) is 20.8 Å². The van der Waals surface area contributed by atoms with Crippen molar-refractivity contribution in [1.82, 2.24) is 9.97 Å². The topological polar surface area (TPSA) is 97.7 Å². The third kappa shape index (κ3) is 6.53. The number of aromatic nitrogens is 2. The first-order valence-corrected chi connectivity index (χ1v) is 9.71. The number of anilines is 2. The van der Waals surface area contributed by atoms with Crippen molar-refractivity contribution in [2.75, 3.05) is 24.5 Å². The van der Waals surface area contributed by atoms with Crippen molar-refractivity contribution < 1.29 is 14.3 Å². The molecule has 0 aliphatic heterocycles. The van der Waals surface area contributed by atoms with Gasteiger partial charge < -0.3 is 14.8 Å². The average molecular weight is 419 g/mol. The minimum atomic E-state index is -0.255. The molecule has 31 heavy (non-hydrogen) atoms. The fourth-order valence-electron chi connectivity index (χ4n) is 2.80. The Morgan fingerprint density at radius 1 is 1.00 bits per heavy atom. The molecule has 0 spiro atoms. The first-order valence-electron chi connectivity index (χ1n) is 9.71. The largest absolute Gasteiger partial charge is 0.493 e. The number of methoxy groups -OCH3 is 1. The standard InChI is InChI=1S/C23H25N5O3/c1-15-5-8-19(9-6-15)27-22(29)14-31-20-10-7-18(12-21(20)30-4)13-24-28-23-25-16(2)11-17(3)26-23/h5-13H,14H2,1-4H3,(H,27,29)(H,25,26,28). The smallest absolute Gasteiger partial charge is 0.262 e. The lowest BCUT2D eigenvalue weighted by atomic mass is 10.2. The molecule has 3 rings (SSSR count). The van der Waals surface area contributed by atoms with Crippen LogP contribution in [0.4, 0.5) is 11.6 Å². The van der Waals surface area contributed by atoms with Crippen LogP contribution in [-0.2, 0) is 4.79 Å². The van der Waals surface area contributed by atoms with Gasteiger partial charge >= 0.3 is 0 Å². The van der Waals surface area contributed by atoms with Crippen molar-refractivity contribution in [3.63, 3.8) is 0 Å². The lowest BCUT2D eigenvalue weighted by molar-refractivity contribution is -0.118. The van der Waals surface area contributed by atoms with E-state index in [1.807, 2.05) is 57.2 Å². The number of hydrogen-bond acceptors (Lipinski definition) is 7. The summed E-state index contributed by atoms with van der Waals surface area (Å²) in [7, 11) is 1.54. The van der Waals surface area contributed by atoms with E-state index < -0.39 is 0 Å². The molecule has 0 unspecified atom stereocenters. The Labute approximate surface area is 181 Å². The highest BCUT2D eigenvalue weighted by Crippen LogP contribution is 2.27. The van der Waals surface area contributed by atoms with Gasteiger partial charge in [0.1, 0.15) is 0 Å². The third-order valence-electron chi connectivity index (χ3n) is 4.24. The van der Waals surface area contributed by atoms with Gasteiger partial charge in [-0.25, -0.2) is 15.4 Å². The highest BCUT2D eigenvalue weighted by atomic mass is 16.5. The monoisotopic (exact) mass is 419 g/mol. The zero-order valence-electron chi connectivity index (χ0n) is 18.0. The zero-order valence-corrected chi connectivity index (χ0v) is 18.0. The van der Waals surface area contributed by atoms with Crippen molar-refractivity contribution in [1.29, 1.82) is 0 Å². The van der Waals surface area contributed by atoms with Crippen LogP contribution in [0.25, 0.3) is 0 Å². The van der Waals surface area contributed by atoms with E-state index in [1.54, 1.807) is 18.3 Å². The minimum absolute atomic E-state index is 0.136. The van der Waals surface area contributed by atoms with Crippen LogP contribution in [0.2, 0.25) is 0 Å². The highest BCUT2D eigenvalue weighted by molar-refractivity contribution is 5.92. The number of benzene rings is 2. The zero-order chi connectivity index (χ0) is 22.2. The number of amides is 1. The normalized spacial score (nSPS) is 10.7. The minimum Gasteiger partial charge on any atom is -0.493 e. The number of hydrazone groups is 1. The molecule has 8 nitrogen and oxygen atoms in total. The van der Waals surface area contributed by atoms with Crippen LogP contribution >= 0.6 is 0 Å². The van der Waals surface area contributed by atoms with Crippen LogP contribution in [0.3, 0.4) is 0 Å². The maximum atomic E-state index is 12.1. The Hall–Kier alpha value is -3.94. The fourth-order valence-corrected chi connectivity index (χ4v) is 2.80. The van der Waals surface area contributed by atoms with Crippen LogP contribution in [0.5, 0.6) is 11.5 Å². The molecule has 0 fully saturated rings. The molecule has 0 atom stereocenters. The number of nitrogens with one attached hydrogen (secondary N) is 2. The molecule has 2 aromatic carbocycles. The summed E-state index contributed by atoms with van der Waals surface area (Å²) in [5.74, 6) is 1.13. The predicted molar refractivity (Wildman–Crippen MR) is 121 cm³/mol. The second-order valence-electron chi connectivity index (χ2n) is 6.96. The van der Waals surface area contributed by atoms with Crippen molar-refractivity contribution in [3.8, 4) is 11.5 Å². The van der Waals surface area contributed by atoms with Gasteiger partial charge in [-0.05, 0) is 62.7 Å². The van der Waals surface area contributed by atoms with E-state index in [4.69, 9.17) is 9.47 Å². The van der Waals surface area contributed by atoms with E-state index in [0.717, 1.165) is 28.2 Å². The first kappa shape index (κ1) is 21.8. The molecule has 1 amide bonds. The van der Waals surface area contributed by atoms with E-state index in [2.05, 4.69) is 25.8 Å². The van der Waals surface area contributed by atoms with Gasteiger partial charge in [0, 0.05) is 17.1 Å². The summed E-state index contributed by atoms with van der Waals surface area (Å²) in [5.41, 5.74) is 7.16. The van der Waals surface area contributed by atoms with E-state index in [9.17, 15) is 4.79 Å². The Morgan fingerprint density at radius 3 is 2.39 bits per heavy atom. The summed E-state index contributed by atoms with van der Waals surface area (Å²) >= 11 is 0. The molecular weight excluding hydrogens is 394 g/mol. The maximum Gasteiger partial charge on any atom is 0.262 e. The van der Waals surface area contributed by atoms with Gasteiger partial charge in [-0.1, -0.05) is 17.7 Å². The van der Waals surface area contributed by atoms with Crippen LogP contribution in [0.15, 0.2) is 53.6 Å². The van der Waals surface area contributed by atoms with Gasteiger partial charge in [-0.15, -0.1) is 0 Å². The molecule has 0 aliphatic rings. The first-order chi connectivity index (χ1) is 14.9. The van der Waals surface area contributed by atoms with Crippen LogP contribution < -0.4 is 20.2 Å². The van der Waals surface area contributed by atoms with Gasteiger partial charge in [0.05, 0.1) is 13.3 Å². The molecule has 2 N–H and O–H groups in total.